The molecule has 0 fully saturated rings. The Morgan fingerprint density at radius 3 is 2.42 bits per heavy atom. The smallest absolute Gasteiger partial charge is 0.123 e. The summed E-state index contributed by atoms with van der Waals surface area (Å²) in [6.45, 7) is 7.93. The van der Waals surface area contributed by atoms with Gasteiger partial charge in [0.25, 0.3) is 0 Å². The molecule has 2 N–H and O–H groups in total. The Kier molecular flexibility index (Phi) is 4.56. The fraction of sp³-hybridized carbons (Fsp3) is 0.533. The molecule has 0 heterocycles. The molecule has 1 aromatic rings. The van der Waals surface area contributed by atoms with Crippen molar-refractivity contribution < 1.29 is 9.84 Å². The number of ether oxygens (including phenoxy) is 1. The van der Waals surface area contributed by atoms with Crippen LogP contribution in [-0.2, 0) is 6.54 Å². The molecule has 0 amide bonds. The summed E-state index contributed by atoms with van der Waals surface area (Å²) >= 11 is 0. The summed E-state index contributed by atoms with van der Waals surface area (Å²) < 4.78 is 5.28. The second-order valence-electron chi connectivity index (χ2n) is 5.68. The minimum absolute atomic E-state index is 0.458. The Hall–Kier alpha value is -1.57. The number of nitrogens with one attached hydrogen (secondary N) is 1. The standard InChI is InChI=1S/C15H22N2O2/c1-14(2,15(3,4)18)17-10-12-8-11(9-16)6-7-13(12)19-5/h6-8,17-18H,10H2,1-5H3. The molecular formula is C15H22N2O2. The van der Waals surface area contributed by atoms with E-state index < -0.39 is 11.1 Å². The zero-order valence-corrected chi connectivity index (χ0v) is 12.2. The number of nitriles is 1. The fourth-order valence-corrected chi connectivity index (χ4v) is 1.52. The predicted molar refractivity (Wildman–Crippen MR) is 74.9 cm³/mol. The van der Waals surface area contributed by atoms with Gasteiger partial charge in [0.2, 0.25) is 0 Å². The molecule has 0 aliphatic rings. The van der Waals surface area contributed by atoms with Gasteiger partial charge in [0.05, 0.1) is 24.3 Å². The first kappa shape index (κ1) is 15.5. The van der Waals surface area contributed by atoms with Crippen LogP contribution in [0, 0.1) is 11.3 Å². The van der Waals surface area contributed by atoms with Crippen LogP contribution in [0.25, 0.3) is 0 Å². The molecule has 104 valence electrons. The zero-order chi connectivity index (χ0) is 14.7. The highest BCUT2D eigenvalue weighted by Gasteiger charge is 2.34. The third kappa shape index (κ3) is 3.69. The van der Waals surface area contributed by atoms with Gasteiger partial charge in [0.15, 0.2) is 0 Å². The van der Waals surface area contributed by atoms with Gasteiger partial charge in [-0.25, -0.2) is 0 Å². The molecule has 0 aliphatic heterocycles. The molecule has 4 nitrogen and oxygen atoms in total. The maximum atomic E-state index is 10.1. The summed E-state index contributed by atoms with van der Waals surface area (Å²) in [5, 5.41) is 22.3. The highest BCUT2D eigenvalue weighted by molar-refractivity contribution is 5.42. The van der Waals surface area contributed by atoms with Gasteiger partial charge in [-0.15, -0.1) is 0 Å². The van der Waals surface area contributed by atoms with Crippen LogP contribution in [0.5, 0.6) is 5.75 Å². The van der Waals surface area contributed by atoms with Crippen molar-refractivity contribution in [3.05, 3.63) is 29.3 Å². The Balaban J connectivity index is 2.91. The van der Waals surface area contributed by atoms with Crippen molar-refractivity contribution in [2.45, 2.75) is 45.4 Å². The topological polar surface area (TPSA) is 65.3 Å². The average molecular weight is 262 g/mol. The van der Waals surface area contributed by atoms with Crippen LogP contribution >= 0.6 is 0 Å². The molecule has 0 saturated heterocycles. The van der Waals surface area contributed by atoms with Crippen LogP contribution in [0.3, 0.4) is 0 Å². The van der Waals surface area contributed by atoms with Crippen LogP contribution in [0.15, 0.2) is 18.2 Å². The van der Waals surface area contributed by atoms with Crippen molar-refractivity contribution in [2.75, 3.05) is 7.11 Å². The summed E-state index contributed by atoms with van der Waals surface area (Å²) in [5.74, 6) is 0.734. The first-order chi connectivity index (χ1) is 8.71. The van der Waals surface area contributed by atoms with Crippen LogP contribution in [0.2, 0.25) is 0 Å². The van der Waals surface area contributed by atoms with Crippen LogP contribution < -0.4 is 10.1 Å². The average Bonchev–Trinajstić information content (AvgIpc) is 2.34. The van der Waals surface area contributed by atoms with Crippen LogP contribution in [-0.4, -0.2) is 23.4 Å². The minimum Gasteiger partial charge on any atom is -0.496 e. The van der Waals surface area contributed by atoms with E-state index >= 15 is 0 Å². The van der Waals surface area contributed by atoms with Crippen molar-refractivity contribution in [3.63, 3.8) is 0 Å². The van der Waals surface area contributed by atoms with Crippen molar-refractivity contribution in [2.24, 2.45) is 0 Å². The Morgan fingerprint density at radius 1 is 1.32 bits per heavy atom. The summed E-state index contributed by atoms with van der Waals surface area (Å²) in [5.41, 5.74) is 0.186. The Morgan fingerprint density at radius 2 is 1.95 bits per heavy atom. The highest BCUT2D eigenvalue weighted by Crippen LogP contribution is 2.24. The first-order valence-electron chi connectivity index (χ1n) is 6.25. The van der Waals surface area contributed by atoms with Gasteiger partial charge in [0.1, 0.15) is 5.75 Å². The predicted octanol–water partition coefficient (Wildman–Crippen LogP) is 2.21. The largest absolute Gasteiger partial charge is 0.496 e. The number of nitrogens with zero attached hydrogens (tertiary/aromatic N) is 1. The van der Waals surface area contributed by atoms with E-state index in [4.69, 9.17) is 10.00 Å². The van der Waals surface area contributed by atoms with E-state index in [1.54, 1.807) is 39.2 Å². The van der Waals surface area contributed by atoms with E-state index in [2.05, 4.69) is 11.4 Å². The van der Waals surface area contributed by atoms with E-state index in [0.717, 1.165) is 11.3 Å². The van der Waals surface area contributed by atoms with E-state index in [9.17, 15) is 5.11 Å². The van der Waals surface area contributed by atoms with E-state index in [-0.39, 0.29) is 0 Å². The second-order valence-corrected chi connectivity index (χ2v) is 5.68. The van der Waals surface area contributed by atoms with Gasteiger partial charge in [-0.2, -0.15) is 5.26 Å². The molecular weight excluding hydrogens is 240 g/mol. The number of methoxy groups -OCH3 is 1. The lowest BCUT2D eigenvalue weighted by atomic mass is 9.86. The van der Waals surface area contributed by atoms with Gasteiger partial charge in [-0.05, 0) is 45.9 Å². The normalized spacial score (nSPS) is 12.1. The van der Waals surface area contributed by atoms with Crippen molar-refractivity contribution >= 4 is 0 Å². The molecule has 0 bridgehead atoms. The van der Waals surface area contributed by atoms with Gasteiger partial charge >= 0.3 is 0 Å². The first-order valence-corrected chi connectivity index (χ1v) is 6.25. The van der Waals surface area contributed by atoms with Crippen molar-refractivity contribution in [1.82, 2.24) is 5.32 Å². The number of hydrogen-bond donors (Lipinski definition) is 2. The van der Waals surface area contributed by atoms with E-state index in [1.165, 1.54) is 0 Å². The fourth-order valence-electron chi connectivity index (χ4n) is 1.52. The van der Waals surface area contributed by atoms with E-state index in [0.29, 0.717) is 12.1 Å². The van der Waals surface area contributed by atoms with Gasteiger partial charge in [-0.3, -0.25) is 0 Å². The molecule has 0 radical (unpaired) electrons. The molecule has 1 rings (SSSR count). The molecule has 0 unspecified atom stereocenters. The third-order valence-electron chi connectivity index (χ3n) is 3.66. The van der Waals surface area contributed by atoms with Gasteiger partial charge < -0.3 is 15.2 Å². The summed E-state index contributed by atoms with van der Waals surface area (Å²) in [4.78, 5) is 0. The molecule has 0 saturated carbocycles. The summed E-state index contributed by atoms with van der Waals surface area (Å²) in [6, 6.07) is 7.42. The van der Waals surface area contributed by atoms with Gasteiger partial charge in [-0.1, -0.05) is 0 Å². The molecule has 4 heteroatoms. The van der Waals surface area contributed by atoms with Crippen molar-refractivity contribution in [3.8, 4) is 11.8 Å². The lowest BCUT2D eigenvalue weighted by Crippen LogP contribution is -2.55. The zero-order valence-electron chi connectivity index (χ0n) is 12.2. The maximum absolute atomic E-state index is 10.1. The highest BCUT2D eigenvalue weighted by atomic mass is 16.5. The quantitative estimate of drug-likeness (QED) is 0.854. The molecule has 0 aliphatic carbocycles. The number of benzene rings is 1. The number of rotatable bonds is 5. The van der Waals surface area contributed by atoms with Crippen LogP contribution in [0.1, 0.15) is 38.8 Å². The second kappa shape index (κ2) is 5.60. The molecule has 0 atom stereocenters. The van der Waals surface area contributed by atoms with E-state index in [1.807, 2.05) is 13.8 Å². The Bertz CT molecular complexity index is 482. The SMILES string of the molecule is COc1ccc(C#N)cc1CNC(C)(C)C(C)(C)O. The van der Waals surface area contributed by atoms with Crippen molar-refractivity contribution in [1.29, 1.82) is 5.26 Å². The molecule has 1 aromatic carbocycles. The Labute approximate surface area is 115 Å². The monoisotopic (exact) mass is 262 g/mol. The van der Waals surface area contributed by atoms with Gasteiger partial charge in [0, 0.05) is 17.6 Å². The maximum Gasteiger partial charge on any atom is 0.123 e. The lowest BCUT2D eigenvalue weighted by molar-refractivity contribution is -0.00539. The number of aliphatic hydroxyl groups is 1. The summed E-state index contributed by atoms with van der Waals surface area (Å²) in [6.07, 6.45) is 0. The number of hydrogen-bond acceptors (Lipinski definition) is 4. The molecule has 0 spiro atoms. The van der Waals surface area contributed by atoms with Crippen LogP contribution in [0.4, 0.5) is 0 Å². The third-order valence-corrected chi connectivity index (χ3v) is 3.66. The molecule has 0 aromatic heterocycles. The molecule has 19 heavy (non-hydrogen) atoms. The lowest BCUT2D eigenvalue weighted by Gasteiger charge is -2.38. The minimum atomic E-state index is -0.854. The summed E-state index contributed by atoms with van der Waals surface area (Å²) in [7, 11) is 1.60.